The number of phenols is 1. The van der Waals surface area contributed by atoms with Crippen LogP contribution in [0.1, 0.15) is 149 Å². The molecule has 2 aromatic heterocycles. The summed E-state index contributed by atoms with van der Waals surface area (Å²) in [6.07, 6.45) is 2.24. The van der Waals surface area contributed by atoms with Crippen molar-refractivity contribution in [1.29, 1.82) is 0 Å². The monoisotopic (exact) mass is 1950 g/mol. The Bertz CT molecular complexity index is 5190. The summed E-state index contributed by atoms with van der Waals surface area (Å²) in [6.45, 7) is 9.42. The molecule has 43 nitrogen and oxygen atoms in total. The van der Waals surface area contributed by atoms with Crippen LogP contribution in [0.2, 0.25) is 0 Å². The fourth-order valence-corrected chi connectivity index (χ4v) is 18.2. The summed E-state index contributed by atoms with van der Waals surface area (Å²) in [6, 6.07) is -2.11. The Kier molecular flexibility index (Phi) is 41.7. The largest absolute Gasteiger partial charge is 0.508 e. The SMILES string of the molecule is CCCC[C@H]1C(=O)N(C)[C@@H](CCCC)C(=O)N[C@@H](CC(C)C)C(=O)N[C@H](C(=O)NCC(N)=O)CSCC(=O)N[C@@H](Cc2ccc(O)cc2)C(=O)N(C)[C@@H](C)C(=O)N[C@@H](CC(N)=O)C(=O)N2CCC[C@H]2C(=O)N[C@@H](CN)C(=O)N[C@@H](CC(C)C)C(=O)N2C[C@H](O)C[C@H]2C(=O)N[C@@H](Cc2c[nH]c3ccccc23)C(=O)N[C@@H](CCN)C(=O)N[C@@H](Cc2cn(CC(=O)NS(C)=O)c3ccccc23)C(=O)N1C. The van der Waals surface area contributed by atoms with Crippen molar-refractivity contribution in [2.45, 2.75) is 248 Å². The molecule has 22 N–H and O–H groups in total. The molecule has 18 amide bonds. The average Bonchev–Trinajstić information content (AvgIpc) is 1.65. The summed E-state index contributed by atoms with van der Waals surface area (Å²) in [5, 5.41) is 49.4. The van der Waals surface area contributed by atoms with E-state index in [0.29, 0.717) is 64.2 Å². The minimum atomic E-state index is -1.77. The highest BCUT2D eigenvalue weighted by atomic mass is 32.2. The molecule has 0 bridgehead atoms. The number of aliphatic hydroxyl groups is 1. The van der Waals surface area contributed by atoms with Crippen LogP contribution in [0.3, 0.4) is 0 Å². The van der Waals surface area contributed by atoms with E-state index in [1.807, 2.05) is 13.8 Å². The summed E-state index contributed by atoms with van der Waals surface area (Å²) in [4.78, 5) is 272. The second kappa shape index (κ2) is 52.1. The average molecular weight is 1950 g/mol. The number of thioether (sulfide) groups is 1. The van der Waals surface area contributed by atoms with E-state index in [-0.39, 0.29) is 101 Å². The van der Waals surface area contributed by atoms with Crippen LogP contribution in [-0.4, -0.2) is 317 Å². The number of aliphatic hydroxyl groups excluding tert-OH is 1. The number of hydrogen-bond donors (Lipinski definition) is 18. The number of unbranched alkanes of at least 4 members (excludes halogenated alkanes) is 2. The molecule has 750 valence electrons. The molecular formula is C92H134N22O21S2. The van der Waals surface area contributed by atoms with Gasteiger partial charge in [-0.25, -0.2) is 4.21 Å². The number of H-pyrrole nitrogens is 1. The number of nitrogens with two attached hydrogens (primary N) is 4. The van der Waals surface area contributed by atoms with Crippen LogP contribution in [0.25, 0.3) is 21.8 Å². The molecule has 0 aliphatic carbocycles. The molecule has 0 spiro atoms. The third kappa shape index (κ3) is 30.9. The Hall–Kier alpha value is -12.6. The predicted molar refractivity (Wildman–Crippen MR) is 509 cm³/mol. The molecule has 0 radical (unpaired) electrons. The maximum Gasteiger partial charge on any atom is 0.251 e. The van der Waals surface area contributed by atoms with Gasteiger partial charge in [-0.15, -0.1) is 11.8 Å². The molecule has 5 aromatic rings. The Morgan fingerprint density at radius 2 is 1.11 bits per heavy atom. The number of nitrogens with one attached hydrogen (secondary N) is 12. The van der Waals surface area contributed by atoms with Gasteiger partial charge in [0.1, 0.15) is 108 Å². The first-order chi connectivity index (χ1) is 65.0. The number of aromatic amines is 1. The molecule has 3 aliphatic heterocycles. The molecule has 5 heterocycles. The lowest BCUT2D eigenvalue weighted by Gasteiger charge is -2.36. The van der Waals surface area contributed by atoms with Crippen molar-refractivity contribution in [2.24, 2.45) is 34.8 Å². The van der Waals surface area contributed by atoms with E-state index in [1.165, 1.54) is 63.5 Å². The minimum Gasteiger partial charge on any atom is -0.508 e. The summed E-state index contributed by atoms with van der Waals surface area (Å²) in [5.74, 6) is -18.3. The van der Waals surface area contributed by atoms with Crippen LogP contribution in [0.4, 0.5) is 0 Å². The number of rotatable bonds is 27. The van der Waals surface area contributed by atoms with Crippen LogP contribution < -0.4 is 80.8 Å². The van der Waals surface area contributed by atoms with Gasteiger partial charge in [0.25, 0.3) is 5.91 Å². The van der Waals surface area contributed by atoms with E-state index in [2.05, 4.69) is 62.9 Å². The van der Waals surface area contributed by atoms with E-state index in [0.717, 1.165) is 31.4 Å². The van der Waals surface area contributed by atoms with Gasteiger partial charge in [0, 0.05) is 113 Å². The minimum absolute atomic E-state index is 0.00162. The first kappa shape index (κ1) is 110. The third-order valence-electron chi connectivity index (χ3n) is 24.3. The highest BCUT2D eigenvalue weighted by molar-refractivity contribution is 8.00. The van der Waals surface area contributed by atoms with Crippen LogP contribution >= 0.6 is 11.8 Å². The number of likely N-dealkylation sites (N-methyl/N-ethyl adjacent to an activating group) is 3. The van der Waals surface area contributed by atoms with Gasteiger partial charge >= 0.3 is 0 Å². The quantitative estimate of drug-likeness (QED) is 0.0251. The smallest absolute Gasteiger partial charge is 0.251 e. The van der Waals surface area contributed by atoms with Gasteiger partial charge in [0.05, 0.1) is 24.8 Å². The Morgan fingerprint density at radius 1 is 0.562 bits per heavy atom. The van der Waals surface area contributed by atoms with Crippen molar-refractivity contribution in [3.63, 3.8) is 0 Å². The van der Waals surface area contributed by atoms with Crippen molar-refractivity contribution in [3.05, 3.63) is 102 Å². The summed E-state index contributed by atoms with van der Waals surface area (Å²) in [7, 11) is 2.15. The zero-order chi connectivity index (χ0) is 101. The normalized spacial score (nSPS) is 24.9. The van der Waals surface area contributed by atoms with Gasteiger partial charge in [0.2, 0.25) is 100 Å². The number of amides is 18. The second-order valence-corrected chi connectivity index (χ2v) is 38.0. The third-order valence-corrected chi connectivity index (χ3v) is 25.9. The van der Waals surface area contributed by atoms with E-state index >= 15 is 33.6 Å². The molecule has 137 heavy (non-hydrogen) atoms. The van der Waals surface area contributed by atoms with Gasteiger partial charge < -0.3 is 120 Å². The molecule has 1 unspecified atom stereocenters. The van der Waals surface area contributed by atoms with Gasteiger partial charge in [-0.3, -0.25) is 91.0 Å². The fraction of sp³-hybridized carbons (Fsp3) is 0.565. The zero-order valence-electron chi connectivity index (χ0n) is 79.3. The Balaban J connectivity index is 1.22. The molecule has 3 saturated heterocycles. The number of para-hydroxylation sites is 2. The number of aromatic hydroxyl groups is 1. The molecule has 3 aromatic carbocycles. The van der Waals surface area contributed by atoms with Gasteiger partial charge in [-0.1, -0.05) is 116 Å². The molecule has 0 saturated carbocycles. The van der Waals surface area contributed by atoms with Crippen molar-refractivity contribution in [3.8, 4) is 5.75 Å². The van der Waals surface area contributed by atoms with Gasteiger partial charge in [-0.05, 0) is 111 Å². The number of aromatic nitrogens is 2. The number of phenolic OH excluding ortho intramolecular Hbond substituents is 1. The van der Waals surface area contributed by atoms with Crippen LogP contribution in [-0.2, 0) is 123 Å². The number of carbonyl (C=O) groups excluding carboxylic acids is 18. The van der Waals surface area contributed by atoms with E-state index in [1.54, 1.807) is 93.2 Å². The lowest BCUT2D eigenvalue weighted by atomic mass is 9.99. The topological polar surface area (TPSA) is 638 Å². The molecule has 3 aliphatic rings. The summed E-state index contributed by atoms with van der Waals surface area (Å²) >= 11 is 0.784. The lowest BCUT2D eigenvalue weighted by molar-refractivity contribution is -0.149. The number of nitrogens with zero attached hydrogens (tertiary/aromatic N) is 6. The Labute approximate surface area is 801 Å². The Morgan fingerprint density at radius 3 is 1.75 bits per heavy atom. The maximum atomic E-state index is 16.1. The van der Waals surface area contributed by atoms with E-state index < -0.39 is 252 Å². The number of benzene rings is 3. The first-order valence-electron chi connectivity index (χ1n) is 46.1. The van der Waals surface area contributed by atoms with Crippen molar-refractivity contribution < 1.29 is 101 Å². The standard InChI is InChI=1S/C92H134N22O21S2/c1-12-14-24-71-85(127)101-62(35-50(3)4)82(124)107-69(80(122)98-44-76(96)118)48-136-49-78(120)99-65(37-53-28-30-56(115)31-29-53)88(130)109(8)52(7)79(121)103-67(41-75(95)117)90(132)113-34-20-27-72(113)86(128)106-68(42-94)84(126)104-64(36-51(5)6)91(133)114-46-57(116)40-74(114)87(129)102-63(38-54-43-97-60-23-18-16-21-58(54)60)83(125)100-61(32-33-93)81(123)105-66(89(131)111(10)73(25-15-13-2)92(134)110(71)9)39-55-45-112(47-77(119)108-137(11)135)70-26-19-17-22-59(55)70/h16-19,21-23,26,28-31,43,45,50-52,57,61-69,71-74,97,115-116H,12-15,20,24-25,27,32-42,44,46-49,93-94H2,1-11H3,(H2,95,117)(H2,96,118)(H,98,122)(H,99,120)(H,100,125)(H,101,127)(H,102,129)(H,103,121)(H,104,126)(H,105,123)(H,106,128)(H,107,124)(H,108,119)/t52-,57+,61-,62-,63-,64-,65-,66-,67-,68-,69-,71-,72-,73-,74-,137?/m0/s1. The summed E-state index contributed by atoms with van der Waals surface area (Å²) in [5.41, 5.74) is 26.0. The zero-order valence-corrected chi connectivity index (χ0v) is 81.0. The van der Waals surface area contributed by atoms with E-state index in [4.69, 9.17) is 22.9 Å². The van der Waals surface area contributed by atoms with E-state index in [9.17, 15) is 67.2 Å². The molecule has 16 atom stereocenters. The lowest BCUT2D eigenvalue weighted by Crippen LogP contribution is -2.62. The van der Waals surface area contributed by atoms with Crippen LogP contribution in [0.5, 0.6) is 5.75 Å². The van der Waals surface area contributed by atoms with Crippen molar-refractivity contribution in [1.82, 2.24) is 91.9 Å². The van der Waals surface area contributed by atoms with Gasteiger partial charge in [0.15, 0.2) is 0 Å². The van der Waals surface area contributed by atoms with Crippen LogP contribution in [0, 0.1) is 11.8 Å². The molecule has 45 heteroatoms. The van der Waals surface area contributed by atoms with Crippen molar-refractivity contribution >= 4 is 151 Å². The number of fused-ring (bicyclic) bond motifs is 4. The molecule has 8 rings (SSSR count). The second-order valence-electron chi connectivity index (χ2n) is 35.9. The van der Waals surface area contributed by atoms with Gasteiger partial charge in [-0.2, -0.15) is 0 Å². The number of primary amides is 2. The highest BCUT2D eigenvalue weighted by Gasteiger charge is 2.47. The molecule has 3 fully saturated rings. The van der Waals surface area contributed by atoms with Crippen molar-refractivity contribution in [2.75, 3.05) is 71.6 Å². The predicted octanol–water partition coefficient (Wildman–Crippen LogP) is -2.91. The number of hydrogen-bond acceptors (Lipinski definition) is 24. The summed E-state index contributed by atoms with van der Waals surface area (Å²) < 4.78 is 16.2. The number of carbonyl (C=O) groups is 18. The van der Waals surface area contributed by atoms with Crippen LogP contribution in [0.15, 0.2) is 85.2 Å². The fourth-order valence-electron chi connectivity index (χ4n) is 17.0. The molecular weight excluding hydrogens is 1810 g/mol. The first-order valence-corrected chi connectivity index (χ1v) is 48.9. The maximum absolute atomic E-state index is 16.1. The highest BCUT2D eigenvalue weighted by Crippen LogP contribution is 2.29.